The van der Waals surface area contributed by atoms with Crippen LogP contribution in [0.25, 0.3) is 11.0 Å². The van der Waals surface area contributed by atoms with Gasteiger partial charge < -0.3 is 9.30 Å². The summed E-state index contributed by atoms with van der Waals surface area (Å²) in [6.45, 7) is -0.478. The van der Waals surface area contributed by atoms with Crippen LogP contribution in [0.15, 0.2) is 35.1 Å². The lowest BCUT2D eigenvalue weighted by Gasteiger charge is -2.13. The Hall–Kier alpha value is -1.81. The SMILES string of the molecule is Cn1cnc2c(F)c(Cc3ccc(Br)cc3Cl)c(C(=O)COCCS(C)(=O)=O)cc21. The number of halogens is 3. The Morgan fingerprint density at radius 1 is 1.33 bits per heavy atom. The van der Waals surface area contributed by atoms with Crippen LogP contribution in [0.2, 0.25) is 5.02 Å². The largest absolute Gasteiger partial charge is 0.372 e. The molecule has 160 valence electrons. The zero-order valence-electron chi connectivity index (χ0n) is 16.3. The van der Waals surface area contributed by atoms with Gasteiger partial charge in [-0.05, 0) is 23.8 Å². The number of ketones is 1. The van der Waals surface area contributed by atoms with Gasteiger partial charge in [0.05, 0.1) is 24.2 Å². The van der Waals surface area contributed by atoms with E-state index in [0.29, 0.717) is 16.1 Å². The Labute approximate surface area is 187 Å². The predicted octanol–water partition coefficient (Wildman–Crippen LogP) is 3.96. The highest BCUT2D eigenvalue weighted by Gasteiger charge is 2.22. The molecule has 3 rings (SSSR count). The van der Waals surface area contributed by atoms with Gasteiger partial charge in [0.15, 0.2) is 11.6 Å². The molecular formula is C20H19BrClFN2O4S. The van der Waals surface area contributed by atoms with Crippen molar-refractivity contribution in [3.05, 3.63) is 62.6 Å². The van der Waals surface area contributed by atoms with E-state index < -0.39 is 21.4 Å². The number of hydrogen-bond donors (Lipinski definition) is 0. The maximum absolute atomic E-state index is 15.3. The van der Waals surface area contributed by atoms with Crippen LogP contribution < -0.4 is 0 Å². The minimum absolute atomic E-state index is 0.0921. The molecule has 0 aliphatic heterocycles. The van der Waals surface area contributed by atoms with Crippen molar-refractivity contribution in [2.75, 3.05) is 25.2 Å². The number of imidazole rings is 1. The first-order chi connectivity index (χ1) is 14.1. The number of hydrogen-bond acceptors (Lipinski definition) is 5. The zero-order chi connectivity index (χ0) is 22.1. The van der Waals surface area contributed by atoms with Crippen LogP contribution in [0.5, 0.6) is 0 Å². The summed E-state index contributed by atoms with van der Waals surface area (Å²) in [6, 6.07) is 6.82. The lowest BCUT2D eigenvalue weighted by molar-refractivity contribution is 0.0784. The molecule has 0 aliphatic carbocycles. The van der Waals surface area contributed by atoms with E-state index in [2.05, 4.69) is 20.9 Å². The van der Waals surface area contributed by atoms with E-state index in [1.165, 1.54) is 6.33 Å². The van der Waals surface area contributed by atoms with Crippen molar-refractivity contribution in [2.24, 2.45) is 7.05 Å². The molecule has 0 saturated carbocycles. The molecule has 1 heterocycles. The number of aromatic nitrogens is 2. The standard InChI is InChI=1S/C20H19BrClFN2O4S/c1-25-11-24-20-17(25)9-14(18(26)10-29-5-6-30(2,27)28)15(19(20)23)7-12-3-4-13(21)8-16(12)22/h3-4,8-9,11H,5-7,10H2,1-2H3. The van der Waals surface area contributed by atoms with E-state index in [4.69, 9.17) is 16.3 Å². The highest BCUT2D eigenvalue weighted by molar-refractivity contribution is 9.10. The second-order valence-electron chi connectivity index (χ2n) is 6.96. The van der Waals surface area contributed by atoms with Gasteiger partial charge in [0.1, 0.15) is 22.0 Å². The molecule has 30 heavy (non-hydrogen) atoms. The summed E-state index contributed by atoms with van der Waals surface area (Å²) in [5.74, 6) is -1.24. The minimum Gasteiger partial charge on any atom is -0.372 e. The first kappa shape index (κ1) is 22.9. The lowest BCUT2D eigenvalue weighted by atomic mass is 9.95. The van der Waals surface area contributed by atoms with E-state index >= 15 is 4.39 Å². The van der Waals surface area contributed by atoms with Crippen LogP contribution in [0.3, 0.4) is 0 Å². The second kappa shape index (κ2) is 9.13. The number of rotatable bonds is 8. The number of fused-ring (bicyclic) bond motifs is 1. The smallest absolute Gasteiger partial charge is 0.188 e. The van der Waals surface area contributed by atoms with E-state index in [1.54, 1.807) is 35.9 Å². The van der Waals surface area contributed by atoms with Gasteiger partial charge in [0.2, 0.25) is 0 Å². The Morgan fingerprint density at radius 3 is 2.73 bits per heavy atom. The number of Topliss-reactive ketones (excluding diaryl/α,β-unsaturated/α-hetero) is 1. The molecule has 2 aromatic carbocycles. The molecule has 0 spiro atoms. The maximum Gasteiger partial charge on any atom is 0.188 e. The highest BCUT2D eigenvalue weighted by Crippen LogP contribution is 2.29. The number of benzene rings is 2. The van der Waals surface area contributed by atoms with Crippen molar-refractivity contribution in [1.29, 1.82) is 0 Å². The molecule has 3 aromatic rings. The van der Waals surface area contributed by atoms with Crippen molar-refractivity contribution in [1.82, 2.24) is 9.55 Å². The average Bonchev–Trinajstić information content (AvgIpc) is 3.03. The summed E-state index contributed by atoms with van der Waals surface area (Å²) in [7, 11) is -1.50. The highest BCUT2D eigenvalue weighted by atomic mass is 79.9. The maximum atomic E-state index is 15.3. The monoisotopic (exact) mass is 516 g/mol. The summed E-state index contributed by atoms with van der Waals surface area (Å²) in [6.07, 6.45) is 2.65. The number of nitrogens with zero attached hydrogens (tertiary/aromatic N) is 2. The molecule has 0 amide bonds. The van der Waals surface area contributed by atoms with Gasteiger partial charge in [-0.15, -0.1) is 0 Å². The summed E-state index contributed by atoms with van der Waals surface area (Å²) in [4.78, 5) is 16.9. The van der Waals surface area contributed by atoms with Crippen molar-refractivity contribution < 1.29 is 22.3 Å². The van der Waals surface area contributed by atoms with E-state index in [-0.39, 0.29) is 42.0 Å². The summed E-state index contributed by atoms with van der Waals surface area (Å²) in [5.41, 5.74) is 1.61. The molecule has 0 unspecified atom stereocenters. The van der Waals surface area contributed by atoms with Gasteiger partial charge in [0, 0.05) is 40.3 Å². The van der Waals surface area contributed by atoms with Gasteiger partial charge in [-0.3, -0.25) is 4.79 Å². The third-order valence-electron chi connectivity index (χ3n) is 4.58. The van der Waals surface area contributed by atoms with Crippen LogP contribution >= 0.6 is 27.5 Å². The normalized spacial score (nSPS) is 11.9. The van der Waals surface area contributed by atoms with Gasteiger partial charge in [-0.1, -0.05) is 33.6 Å². The minimum atomic E-state index is -3.20. The lowest BCUT2D eigenvalue weighted by Crippen LogP contribution is -2.17. The van der Waals surface area contributed by atoms with Crippen molar-refractivity contribution in [3.8, 4) is 0 Å². The summed E-state index contributed by atoms with van der Waals surface area (Å²) in [5, 5.41) is 0.438. The summed E-state index contributed by atoms with van der Waals surface area (Å²) < 4.78 is 45.4. The fraction of sp³-hybridized carbons (Fsp3) is 0.300. The third kappa shape index (κ3) is 5.26. The van der Waals surface area contributed by atoms with Crippen LogP contribution in [0.1, 0.15) is 21.5 Å². The molecule has 10 heteroatoms. The molecular weight excluding hydrogens is 499 g/mol. The Balaban J connectivity index is 1.97. The van der Waals surface area contributed by atoms with Crippen LogP contribution in [-0.2, 0) is 28.0 Å². The van der Waals surface area contributed by atoms with Gasteiger partial charge in [-0.25, -0.2) is 17.8 Å². The quantitative estimate of drug-likeness (QED) is 0.334. The molecule has 0 saturated heterocycles. The first-order valence-electron chi connectivity index (χ1n) is 8.92. The fourth-order valence-electron chi connectivity index (χ4n) is 2.99. The number of carbonyl (C=O) groups excluding carboxylic acids is 1. The number of ether oxygens (including phenoxy) is 1. The van der Waals surface area contributed by atoms with Crippen molar-refractivity contribution >= 4 is 54.2 Å². The Bertz CT molecular complexity index is 1230. The van der Waals surface area contributed by atoms with E-state index in [0.717, 1.165) is 10.7 Å². The van der Waals surface area contributed by atoms with Gasteiger partial charge in [-0.2, -0.15) is 0 Å². The molecule has 0 aliphatic rings. The molecule has 1 aromatic heterocycles. The predicted molar refractivity (Wildman–Crippen MR) is 117 cm³/mol. The molecule has 0 bridgehead atoms. The van der Waals surface area contributed by atoms with Crippen LogP contribution in [-0.4, -0.2) is 49.0 Å². The zero-order valence-corrected chi connectivity index (χ0v) is 19.4. The van der Waals surface area contributed by atoms with Crippen molar-refractivity contribution in [3.63, 3.8) is 0 Å². The summed E-state index contributed by atoms with van der Waals surface area (Å²) >= 11 is 9.63. The molecule has 0 N–H and O–H groups in total. The Kier molecular flexibility index (Phi) is 6.96. The van der Waals surface area contributed by atoms with Crippen molar-refractivity contribution in [2.45, 2.75) is 6.42 Å². The topological polar surface area (TPSA) is 78.3 Å². The number of aryl methyl sites for hydroxylation is 1. The van der Waals surface area contributed by atoms with E-state index in [9.17, 15) is 13.2 Å². The Morgan fingerprint density at radius 2 is 2.07 bits per heavy atom. The molecule has 0 fully saturated rings. The first-order valence-corrected chi connectivity index (χ1v) is 12.1. The molecule has 0 atom stereocenters. The van der Waals surface area contributed by atoms with Crippen LogP contribution in [0, 0.1) is 5.82 Å². The van der Waals surface area contributed by atoms with Gasteiger partial charge >= 0.3 is 0 Å². The van der Waals surface area contributed by atoms with Crippen LogP contribution in [0.4, 0.5) is 4.39 Å². The second-order valence-corrected chi connectivity index (χ2v) is 10.5. The number of carbonyl (C=O) groups is 1. The average molecular weight is 518 g/mol. The fourth-order valence-corrected chi connectivity index (χ4v) is 4.15. The third-order valence-corrected chi connectivity index (χ3v) is 6.33. The molecule has 6 nitrogen and oxygen atoms in total. The number of sulfone groups is 1. The van der Waals surface area contributed by atoms with Gasteiger partial charge in [0.25, 0.3) is 0 Å². The van der Waals surface area contributed by atoms with E-state index in [1.807, 2.05) is 0 Å². The molecule has 0 radical (unpaired) electrons.